The largest absolute Gasteiger partial charge is 0.346 e. The van der Waals surface area contributed by atoms with Crippen LogP contribution in [0.4, 0.5) is 5.69 Å². The molecule has 0 unspecified atom stereocenters. The molecule has 0 spiro atoms. The van der Waals surface area contributed by atoms with Gasteiger partial charge >= 0.3 is 0 Å². The van der Waals surface area contributed by atoms with Crippen LogP contribution in [0.5, 0.6) is 0 Å². The van der Waals surface area contributed by atoms with Crippen molar-refractivity contribution in [1.82, 2.24) is 9.55 Å². The second-order valence-electron chi connectivity index (χ2n) is 7.62. The van der Waals surface area contributed by atoms with Crippen LogP contribution in [0.2, 0.25) is 0 Å². The van der Waals surface area contributed by atoms with Gasteiger partial charge in [-0.25, -0.2) is 0 Å². The molecule has 0 atom stereocenters. The smallest absolute Gasteiger partial charge is 0.258 e. The maximum Gasteiger partial charge on any atom is 0.258 e. The number of aromatic nitrogens is 2. The predicted molar refractivity (Wildman–Crippen MR) is 123 cm³/mol. The lowest BCUT2D eigenvalue weighted by molar-refractivity contribution is 0.102. The number of nitrogens with zero attached hydrogens (tertiary/aromatic N) is 2. The summed E-state index contributed by atoms with van der Waals surface area (Å²) in [5.74, 6) is 0.0686. The van der Waals surface area contributed by atoms with Gasteiger partial charge in [-0.15, -0.1) is 0 Å². The van der Waals surface area contributed by atoms with E-state index in [2.05, 4.69) is 40.8 Å². The zero-order valence-electron chi connectivity index (χ0n) is 17.5. The summed E-state index contributed by atoms with van der Waals surface area (Å²) < 4.78 is 2.16. The molecule has 2 aromatic heterocycles. The lowest BCUT2D eigenvalue weighted by Gasteiger charge is -2.13. The van der Waals surface area contributed by atoms with Gasteiger partial charge in [0.15, 0.2) is 0 Å². The van der Waals surface area contributed by atoms with Gasteiger partial charge in [0.1, 0.15) is 0 Å². The summed E-state index contributed by atoms with van der Waals surface area (Å²) in [7, 11) is 2.04. The zero-order valence-corrected chi connectivity index (χ0v) is 17.5. The molecule has 0 fully saturated rings. The molecule has 150 valence electrons. The van der Waals surface area contributed by atoms with Crippen LogP contribution in [-0.4, -0.2) is 15.5 Å². The summed E-state index contributed by atoms with van der Waals surface area (Å²) in [6.07, 6.45) is 3.54. The van der Waals surface area contributed by atoms with Crippen LogP contribution in [0, 0.1) is 0 Å². The SMILES string of the molecule is CC(C)c1c(C(=O)Nc2ccccc2)c(-c2ccncc2)c(-c2ccccc2)n1C. The second-order valence-corrected chi connectivity index (χ2v) is 7.62. The highest BCUT2D eigenvalue weighted by atomic mass is 16.1. The van der Waals surface area contributed by atoms with E-state index in [0.717, 1.165) is 33.8 Å². The Bertz CT molecular complexity index is 1150. The van der Waals surface area contributed by atoms with Crippen molar-refractivity contribution in [3.8, 4) is 22.4 Å². The van der Waals surface area contributed by atoms with Gasteiger partial charge in [-0.1, -0.05) is 62.4 Å². The third-order valence-corrected chi connectivity index (χ3v) is 5.26. The van der Waals surface area contributed by atoms with E-state index >= 15 is 0 Å². The molecule has 4 rings (SSSR count). The van der Waals surface area contributed by atoms with Crippen molar-refractivity contribution in [2.24, 2.45) is 7.05 Å². The molecule has 30 heavy (non-hydrogen) atoms. The second kappa shape index (κ2) is 8.37. The predicted octanol–water partition coefficient (Wildman–Crippen LogP) is 6.13. The van der Waals surface area contributed by atoms with E-state index in [1.54, 1.807) is 12.4 Å². The lowest BCUT2D eigenvalue weighted by Crippen LogP contribution is -2.15. The Morgan fingerprint density at radius 1 is 0.867 bits per heavy atom. The van der Waals surface area contributed by atoms with Gasteiger partial charge in [0.05, 0.1) is 11.3 Å². The minimum atomic E-state index is -0.102. The number of anilines is 1. The Balaban J connectivity index is 1.99. The van der Waals surface area contributed by atoms with Crippen molar-refractivity contribution in [2.75, 3.05) is 5.32 Å². The van der Waals surface area contributed by atoms with Crippen LogP contribution >= 0.6 is 0 Å². The van der Waals surface area contributed by atoms with Crippen molar-refractivity contribution < 1.29 is 4.79 Å². The summed E-state index contributed by atoms with van der Waals surface area (Å²) >= 11 is 0. The molecule has 0 aliphatic carbocycles. The normalized spacial score (nSPS) is 10.9. The standard InChI is InChI=1S/C26H25N3O/c1-18(2)24-23(26(30)28-21-12-8-5-9-13-21)22(19-14-16-27-17-15-19)25(29(24)3)20-10-6-4-7-11-20/h4-18H,1-3H3,(H,28,30). The number of nitrogens with one attached hydrogen (secondary N) is 1. The maximum atomic E-state index is 13.6. The minimum Gasteiger partial charge on any atom is -0.346 e. The number of benzene rings is 2. The third kappa shape index (κ3) is 3.64. The molecule has 0 aliphatic rings. The quantitative estimate of drug-likeness (QED) is 0.442. The number of para-hydroxylation sites is 1. The number of rotatable bonds is 5. The molecule has 0 saturated heterocycles. The molecule has 0 bridgehead atoms. The van der Waals surface area contributed by atoms with Crippen LogP contribution < -0.4 is 5.32 Å². The van der Waals surface area contributed by atoms with Gasteiger partial charge in [0.25, 0.3) is 5.91 Å². The zero-order chi connectivity index (χ0) is 21.1. The molecule has 4 aromatic rings. The van der Waals surface area contributed by atoms with Crippen molar-refractivity contribution >= 4 is 11.6 Å². The molecular formula is C26H25N3O. The number of carbonyl (C=O) groups is 1. The molecule has 0 aliphatic heterocycles. The van der Waals surface area contributed by atoms with E-state index < -0.39 is 0 Å². The Labute approximate surface area is 177 Å². The monoisotopic (exact) mass is 395 g/mol. The van der Waals surface area contributed by atoms with Gasteiger partial charge in [-0.3, -0.25) is 9.78 Å². The highest BCUT2D eigenvalue weighted by molar-refractivity contribution is 6.12. The lowest BCUT2D eigenvalue weighted by atomic mass is 9.95. The Morgan fingerprint density at radius 2 is 1.47 bits per heavy atom. The van der Waals surface area contributed by atoms with Crippen molar-refractivity contribution in [3.63, 3.8) is 0 Å². The number of hydrogen-bond donors (Lipinski definition) is 1. The van der Waals surface area contributed by atoms with Gasteiger partial charge in [-0.05, 0) is 41.3 Å². The fourth-order valence-corrected chi connectivity index (χ4v) is 4.06. The molecule has 4 nitrogen and oxygen atoms in total. The van der Waals surface area contributed by atoms with E-state index in [0.29, 0.717) is 5.56 Å². The number of hydrogen-bond acceptors (Lipinski definition) is 2. The average molecular weight is 396 g/mol. The first-order valence-electron chi connectivity index (χ1n) is 10.1. The summed E-state index contributed by atoms with van der Waals surface area (Å²) in [6, 6.07) is 23.7. The summed E-state index contributed by atoms with van der Waals surface area (Å²) in [4.78, 5) is 17.8. The van der Waals surface area contributed by atoms with E-state index in [1.165, 1.54) is 0 Å². The van der Waals surface area contributed by atoms with Crippen molar-refractivity contribution in [2.45, 2.75) is 19.8 Å². The fraction of sp³-hybridized carbons (Fsp3) is 0.154. The van der Waals surface area contributed by atoms with Crippen molar-refractivity contribution in [3.05, 3.63) is 96.4 Å². The van der Waals surface area contributed by atoms with E-state index in [9.17, 15) is 4.79 Å². The Hall–Kier alpha value is -3.66. The van der Waals surface area contributed by atoms with E-state index in [4.69, 9.17) is 0 Å². The third-order valence-electron chi connectivity index (χ3n) is 5.26. The van der Waals surface area contributed by atoms with Crippen LogP contribution in [0.3, 0.4) is 0 Å². The first-order valence-corrected chi connectivity index (χ1v) is 10.1. The Kier molecular flexibility index (Phi) is 5.48. The molecule has 0 radical (unpaired) electrons. The number of pyridine rings is 1. The highest BCUT2D eigenvalue weighted by Gasteiger charge is 2.29. The first kappa shape index (κ1) is 19.6. The minimum absolute atomic E-state index is 0.102. The van der Waals surface area contributed by atoms with Crippen LogP contribution in [0.25, 0.3) is 22.4 Å². The first-order chi connectivity index (χ1) is 14.6. The highest BCUT2D eigenvalue weighted by Crippen LogP contribution is 2.41. The molecule has 0 saturated carbocycles. The molecular weight excluding hydrogens is 370 g/mol. The van der Waals surface area contributed by atoms with Gasteiger partial charge < -0.3 is 9.88 Å². The van der Waals surface area contributed by atoms with Gasteiger partial charge in [0, 0.05) is 36.4 Å². The summed E-state index contributed by atoms with van der Waals surface area (Å²) in [5, 5.41) is 3.09. The van der Waals surface area contributed by atoms with E-state index in [1.807, 2.05) is 67.7 Å². The topological polar surface area (TPSA) is 46.9 Å². The van der Waals surface area contributed by atoms with Crippen LogP contribution in [0.1, 0.15) is 35.8 Å². The van der Waals surface area contributed by atoms with Gasteiger partial charge in [0.2, 0.25) is 0 Å². The number of carbonyl (C=O) groups excluding carboxylic acids is 1. The maximum absolute atomic E-state index is 13.6. The summed E-state index contributed by atoms with van der Waals surface area (Å²) in [5.41, 5.74) is 6.52. The molecule has 1 amide bonds. The number of amides is 1. The Morgan fingerprint density at radius 3 is 2.07 bits per heavy atom. The molecule has 2 aromatic carbocycles. The molecule has 2 heterocycles. The summed E-state index contributed by atoms with van der Waals surface area (Å²) in [6.45, 7) is 4.25. The molecule has 1 N–H and O–H groups in total. The molecule has 4 heteroatoms. The van der Waals surface area contributed by atoms with Crippen LogP contribution in [0.15, 0.2) is 85.2 Å². The fourth-order valence-electron chi connectivity index (χ4n) is 4.06. The van der Waals surface area contributed by atoms with Crippen LogP contribution in [-0.2, 0) is 7.05 Å². The van der Waals surface area contributed by atoms with Crippen molar-refractivity contribution in [1.29, 1.82) is 0 Å². The van der Waals surface area contributed by atoms with E-state index in [-0.39, 0.29) is 11.8 Å². The average Bonchev–Trinajstić information content (AvgIpc) is 3.09. The van der Waals surface area contributed by atoms with Gasteiger partial charge in [-0.2, -0.15) is 0 Å².